The van der Waals surface area contributed by atoms with Crippen molar-refractivity contribution in [3.8, 4) is 0 Å². The van der Waals surface area contributed by atoms with Crippen molar-refractivity contribution in [3.05, 3.63) is 101 Å². The van der Waals surface area contributed by atoms with E-state index >= 15 is 0 Å². The van der Waals surface area contributed by atoms with Crippen LogP contribution < -0.4 is 5.73 Å². The third kappa shape index (κ3) is 5.58. The molecule has 0 aromatic heterocycles. The number of carbonyl (C=O) groups is 1. The fourth-order valence-electron chi connectivity index (χ4n) is 3.23. The molecule has 1 aliphatic rings. The number of amides is 1. The Kier molecular flexibility index (Phi) is 7.47. The predicted octanol–water partition coefficient (Wildman–Crippen LogP) is 3.38. The topological polar surface area (TPSA) is 123 Å². The molecule has 0 saturated heterocycles. The molecule has 2 aromatic rings. The molecule has 1 heterocycles. The quantitative estimate of drug-likeness (QED) is 0.380. The normalized spacial score (nSPS) is 15.7. The second kappa shape index (κ2) is 10.5. The van der Waals surface area contributed by atoms with Gasteiger partial charge in [-0.25, -0.2) is 8.78 Å². The number of aliphatic hydroxyl groups excluding tert-OH is 2. The fourth-order valence-corrected chi connectivity index (χ4v) is 3.23. The Hall–Kier alpha value is -4.11. The van der Waals surface area contributed by atoms with Gasteiger partial charge in [-0.15, -0.1) is 0 Å². The predicted molar refractivity (Wildman–Crippen MR) is 122 cm³/mol. The first-order chi connectivity index (χ1) is 15.8. The van der Waals surface area contributed by atoms with Gasteiger partial charge in [0.2, 0.25) is 0 Å². The zero-order chi connectivity index (χ0) is 24.0. The summed E-state index contributed by atoms with van der Waals surface area (Å²) in [6.07, 6.45) is 7.01. The van der Waals surface area contributed by atoms with Crippen LogP contribution in [0.4, 0.5) is 8.78 Å². The van der Waals surface area contributed by atoms with E-state index in [1.54, 1.807) is 0 Å². The van der Waals surface area contributed by atoms with Gasteiger partial charge in [-0.1, -0.05) is 18.2 Å². The molecule has 0 fully saturated rings. The lowest BCUT2D eigenvalue weighted by Crippen LogP contribution is -2.38. The minimum Gasteiger partial charge on any atom is -0.512 e. The third-order valence-corrected chi connectivity index (χ3v) is 4.95. The molecule has 0 bridgehead atoms. The number of hydrogen-bond acceptors (Lipinski definition) is 6. The number of benzene rings is 2. The highest BCUT2D eigenvalue weighted by atomic mass is 19.1. The molecule has 2 aromatic carbocycles. The average Bonchev–Trinajstić information content (AvgIpc) is 3.00. The second-order valence-electron chi connectivity index (χ2n) is 7.19. The summed E-state index contributed by atoms with van der Waals surface area (Å²) in [5, 5.41) is 28.3. The van der Waals surface area contributed by atoms with Gasteiger partial charge < -0.3 is 26.3 Å². The van der Waals surface area contributed by atoms with Gasteiger partial charge in [0.25, 0.3) is 5.91 Å². The van der Waals surface area contributed by atoms with Gasteiger partial charge in [0.15, 0.2) is 0 Å². The highest BCUT2D eigenvalue weighted by molar-refractivity contribution is 6.16. The molecule has 0 aliphatic carbocycles. The van der Waals surface area contributed by atoms with Crippen LogP contribution in [0.1, 0.15) is 21.5 Å². The minimum absolute atomic E-state index is 0.0547. The van der Waals surface area contributed by atoms with Gasteiger partial charge in [-0.2, -0.15) is 0 Å². The standard InChI is InChI=1S/C24H22F2N4O3/c25-17-8-6-15(7-9-17)20(27)11-21(28)23-18(3-1-4-19(23)26)24(33)30(14-31)13-16-12-29-10-2-5-22(16)32/h1-12,16,28,31-32H,13-14,27H2/b20-11-,28-21?. The van der Waals surface area contributed by atoms with E-state index < -0.39 is 30.2 Å². The monoisotopic (exact) mass is 452 g/mol. The molecule has 3 rings (SSSR count). The van der Waals surface area contributed by atoms with Crippen LogP contribution in [-0.2, 0) is 0 Å². The van der Waals surface area contributed by atoms with E-state index in [1.807, 2.05) is 0 Å². The van der Waals surface area contributed by atoms with Crippen molar-refractivity contribution < 1.29 is 23.8 Å². The highest BCUT2D eigenvalue weighted by Gasteiger charge is 2.25. The molecular formula is C24H22F2N4O3. The Labute approximate surface area is 189 Å². The summed E-state index contributed by atoms with van der Waals surface area (Å²) in [6, 6.07) is 8.98. The summed E-state index contributed by atoms with van der Waals surface area (Å²) in [5.74, 6) is -2.76. The second-order valence-corrected chi connectivity index (χ2v) is 7.19. The summed E-state index contributed by atoms with van der Waals surface area (Å²) >= 11 is 0. The van der Waals surface area contributed by atoms with E-state index in [0.29, 0.717) is 5.56 Å². The number of carbonyl (C=O) groups excluding carboxylic acids is 1. The fraction of sp³-hybridized carbons (Fsp3) is 0.125. The van der Waals surface area contributed by atoms with Crippen LogP contribution in [0.2, 0.25) is 0 Å². The Morgan fingerprint density at radius 1 is 1.21 bits per heavy atom. The smallest absolute Gasteiger partial charge is 0.256 e. The molecule has 7 nitrogen and oxygen atoms in total. The third-order valence-electron chi connectivity index (χ3n) is 4.95. The maximum Gasteiger partial charge on any atom is 0.256 e. The van der Waals surface area contributed by atoms with Crippen molar-refractivity contribution in [1.82, 2.24) is 4.90 Å². The maximum absolute atomic E-state index is 14.7. The van der Waals surface area contributed by atoms with Crippen LogP contribution in [0, 0.1) is 23.0 Å². The maximum atomic E-state index is 14.7. The van der Waals surface area contributed by atoms with Crippen molar-refractivity contribution in [2.75, 3.05) is 13.3 Å². The van der Waals surface area contributed by atoms with Gasteiger partial charge in [0.1, 0.15) is 24.1 Å². The van der Waals surface area contributed by atoms with E-state index in [2.05, 4.69) is 4.99 Å². The van der Waals surface area contributed by atoms with Crippen molar-refractivity contribution in [1.29, 1.82) is 5.41 Å². The number of aliphatic hydroxyl groups is 2. The first-order valence-electron chi connectivity index (χ1n) is 9.91. The molecule has 170 valence electrons. The summed E-state index contributed by atoms with van der Waals surface area (Å²) < 4.78 is 27.9. The van der Waals surface area contributed by atoms with Crippen LogP contribution in [0.15, 0.2) is 77.6 Å². The Morgan fingerprint density at radius 3 is 2.64 bits per heavy atom. The number of rotatable bonds is 7. The van der Waals surface area contributed by atoms with E-state index in [-0.39, 0.29) is 34.8 Å². The average molecular weight is 452 g/mol. The van der Waals surface area contributed by atoms with Crippen LogP contribution in [0.5, 0.6) is 0 Å². The SMILES string of the molecule is N=C(/C=C(\N)c1ccc(F)cc1)c1c(F)cccc1C(=O)N(CO)CC1C=NC=CC=C1O. The van der Waals surface area contributed by atoms with Crippen molar-refractivity contribution >= 4 is 23.5 Å². The molecular weight excluding hydrogens is 430 g/mol. The van der Waals surface area contributed by atoms with E-state index in [1.165, 1.54) is 67.0 Å². The molecule has 9 heteroatoms. The molecule has 0 radical (unpaired) electrons. The number of nitrogens with zero attached hydrogens (tertiary/aromatic N) is 2. The molecule has 5 N–H and O–H groups in total. The summed E-state index contributed by atoms with van der Waals surface area (Å²) in [6.45, 7) is -0.833. The van der Waals surface area contributed by atoms with Crippen molar-refractivity contribution in [3.63, 3.8) is 0 Å². The first kappa shape index (κ1) is 23.6. The van der Waals surface area contributed by atoms with Crippen LogP contribution >= 0.6 is 0 Å². The first-order valence-corrected chi connectivity index (χ1v) is 9.91. The van der Waals surface area contributed by atoms with E-state index in [4.69, 9.17) is 11.1 Å². The molecule has 1 atom stereocenters. The molecule has 1 amide bonds. The van der Waals surface area contributed by atoms with Crippen LogP contribution in [0.25, 0.3) is 5.70 Å². The molecule has 33 heavy (non-hydrogen) atoms. The van der Waals surface area contributed by atoms with Crippen LogP contribution in [-0.4, -0.2) is 46.2 Å². The minimum atomic E-state index is -0.824. The van der Waals surface area contributed by atoms with Crippen LogP contribution in [0.3, 0.4) is 0 Å². The lowest BCUT2D eigenvalue weighted by molar-refractivity contribution is 0.0531. The number of halogens is 2. The lowest BCUT2D eigenvalue weighted by atomic mass is 9.98. The molecule has 1 aliphatic heterocycles. The van der Waals surface area contributed by atoms with Gasteiger partial charge in [-0.3, -0.25) is 9.79 Å². The van der Waals surface area contributed by atoms with Gasteiger partial charge in [0.05, 0.1) is 17.2 Å². The number of nitrogens with one attached hydrogen (secondary N) is 1. The number of aliphatic imine (C=N–C) groups is 1. The van der Waals surface area contributed by atoms with Gasteiger partial charge in [0, 0.05) is 30.2 Å². The number of allylic oxidation sites excluding steroid dienone is 3. The van der Waals surface area contributed by atoms with Crippen molar-refractivity contribution in [2.45, 2.75) is 0 Å². The number of nitrogens with two attached hydrogens (primary N) is 1. The van der Waals surface area contributed by atoms with Gasteiger partial charge >= 0.3 is 0 Å². The highest BCUT2D eigenvalue weighted by Crippen LogP contribution is 2.21. The zero-order valence-corrected chi connectivity index (χ0v) is 17.5. The summed E-state index contributed by atoms with van der Waals surface area (Å²) in [5.41, 5.74) is 5.65. The Bertz CT molecular complexity index is 1170. The molecule has 0 saturated carbocycles. The Balaban J connectivity index is 1.91. The Morgan fingerprint density at radius 2 is 1.94 bits per heavy atom. The number of hydrogen-bond donors (Lipinski definition) is 4. The largest absolute Gasteiger partial charge is 0.512 e. The van der Waals surface area contributed by atoms with E-state index in [9.17, 15) is 23.8 Å². The van der Waals surface area contributed by atoms with Crippen molar-refractivity contribution in [2.24, 2.45) is 16.6 Å². The summed E-state index contributed by atoms with van der Waals surface area (Å²) in [7, 11) is 0. The van der Waals surface area contributed by atoms with Gasteiger partial charge in [-0.05, 0) is 48.1 Å². The zero-order valence-electron chi connectivity index (χ0n) is 17.5. The molecule has 0 spiro atoms. The van der Waals surface area contributed by atoms with E-state index in [0.717, 1.165) is 11.0 Å². The summed E-state index contributed by atoms with van der Waals surface area (Å²) in [4.78, 5) is 18.1. The lowest BCUT2D eigenvalue weighted by Gasteiger charge is -2.24. The molecule has 1 unspecified atom stereocenters.